The smallest absolute Gasteiger partial charge is 0.386 e. The maximum absolute atomic E-state index is 11.8. The van der Waals surface area contributed by atoms with Gasteiger partial charge in [0.2, 0.25) is 6.10 Å². The minimum absolute atomic E-state index is 0.198. The van der Waals surface area contributed by atoms with Gasteiger partial charge in [0.25, 0.3) is 0 Å². The summed E-state index contributed by atoms with van der Waals surface area (Å²) in [5, 5.41) is 18.6. The molecule has 1 heterocycles. The minimum Gasteiger partial charge on any atom is -0.481 e. The molecular weight excluding hydrogens is 322 g/mol. The third-order valence-electron chi connectivity index (χ3n) is 4.40. The second-order valence-corrected chi connectivity index (χ2v) is 6.56. The molecule has 0 unspecified atom stereocenters. The number of Topliss-reactive ketones (excluding diaryl/α,β-unsaturated/α-hetero) is 1. The Balaban J connectivity index is 2.03. The topological polar surface area (TPSA) is 91.5 Å². The molecule has 2 N–H and O–H groups in total. The maximum Gasteiger partial charge on any atom is 0.386 e. The van der Waals surface area contributed by atoms with Crippen LogP contribution < -0.4 is 0 Å². The molecule has 0 aliphatic carbocycles. The van der Waals surface area contributed by atoms with Gasteiger partial charge in [0.1, 0.15) is 5.78 Å². The quantitative estimate of drug-likeness (QED) is 0.216. The maximum atomic E-state index is 11.8. The average molecular weight is 351 g/mol. The number of hydrogen-bond acceptors (Lipinski definition) is 4. The van der Waals surface area contributed by atoms with E-state index in [2.05, 4.69) is 4.85 Å². The van der Waals surface area contributed by atoms with Crippen LogP contribution in [-0.4, -0.2) is 39.9 Å². The first-order valence-corrected chi connectivity index (χ1v) is 9.07. The normalized spacial score (nSPS) is 23.3. The lowest BCUT2D eigenvalue weighted by atomic mass is 10.0. The molecule has 0 spiro atoms. The number of carboxylic acids is 1. The van der Waals surface area contributed by atoms with Gasteiger partial charge in [-0.15, -0.1) is 0 Å². The summed E-state index contributed by atoms with van der Waals surface area (Å²) in [7, 11) is 0. The molecule has 1 fully saturated rings. The predicted octanol–water partition coefficient (Wildman–Crippen LogP) is 3.49. The Kier molecular flexibility index (Phi) is 9.40. The van der Waals surface area contributed by atoms with Gasteiger partial charge >= 0.3 is 11.7 Å². The van der Waals surface area contributed by atoms with E-state index in [4.69, 9.17) is 16.4 Å². The van der Waals surface area contributed by atoms with Crippen LogP contribution in [0.25, 0.3) is 4.85 Å². The highest BCUT2D eigenvalue weighted by molar-refractivity contribution is 5.78. The Bertz CT molecular complexity index is 510. The lowest BCUT2D eigenvalue weighted by molar-refractivity contribution is -0.137. The second-order valence-electron chi connectivity index (χ2n) is 6.56. The SMILES string of the molecule is [C-]#[N+][C@@]1(/C=C/C)O[C@H]1[C@@H](O)CCCCC(=O)CCCCCCC(=O)O. The van der Waals surface area contributed by atoms with Crippen molar-refractivity contribution in [1.29, 1.82) is 0 Å². The van der Waals surface area contributed by atoms with Gasteiger partial charge in [-0.25, -0.2) is 6.57 Å². The van der Waals surface area contributed by atoms with Crippen molar-refractivity contribution in [3.05, 3.63) is 23.6 Å². The number of nitrogens with zero attached hydrogens (tertiary/aromatic N) is 1. The number of carbonyl (C=O) groups is 2. The summed E-state index contributed by atoms with van der Waals surface area (Å²) in [6.45, 7) is 8.97. The number of rotatable bonds is 14. The summed E-state index contributed by atoms with van der Waals surface area (Å²) >= 11 is 0. The number of aliphatic hydroxyl groups excluding tert-OH is 1. The molecule has 1 aliphatic rings. The van der Waals surface area contributed by atoms with E-state index in [0.29, 0.717) is 25.7 Å². The molecule has 0 aromatic rings. The van der Waals surface area contributed by atoms with Crippen molar-refractivity contribution >= 4 is 11.8 Å². The largest absolute Gasteiger partial charge is 0.481 e. The van der Waals surface area contributed by atoms with E-state index >= 15 is 0 Å². The van der Waals surface area contributed by atoms with Gasteiger partial charge in [0.15, 0.2) is 0 Å². The summed E-state index contributed by atoms with van der Waals surface area (Å²) in [4.78, 5) is 25.6. The minimum atomic E-state index is -0.982. The monoisotopic (exact) mass is 351 g/mol. The van der Waals surface area contributed by atoms with Crippen molar-refractivity contribution in [3.63, 3.8) is 0 Å². The fraction of sp³-hybridized carbons (Fsp3) is 0.737. The fourth-order valence-electron chi connectivity index (χ4n) is 2.93. The van der Waals surface area contributed by atoms with Gasteiger partial charge in [-0.05, 0) is 32.6 Å². The highest BCUT2D eigenvalue weighted by Gasteiger charge is 2.66. The number of unbranched alkanes of at least 4 members (excludes halogenated alkanes) is 4. The zero-order valence-corrected chi connectivity index (χ0v) is 14.9. The van der Waals surface area contributed by atoms with Crippen molar-refractivity contribution in [2.45, 2.75) is 89.1 Å². The van der Waals surface area contributed by atoms with Crippen LogP contribution in [0.1, 0.15) is 71.1 Å². The van der Waals surface area contributed by atoms with Crippen molar-refractivity contribution < 1.29 is 24.5 Å². The Morgan fingerprint density at radius 2 is 1.76 bits per heavy atom. The third-order valence-corrected chi connectivity index (χ3v) is 4.40. The van der Waals surface area contributed by atoms with E-state index in [1.54, 1.807) is 12.2 Å². The molecule has 25 heavy (non-hydrogen) atoms. The molecule has 1 saturated heterocycles. The van der Waals surface area contributed by atoms with E-state index in [9.17, 15) is 14.7 Å². The summed E-state index contributed by atoms with van der Waals surface area (Å²) in [5.41, 5.74) is -0.982. The van der Waals surface area contributed by atoms with Crippen LogP contribution in [0.15, 0.2) is 12.2 Å². The summed E-state index contributed by atoms with van der Waals surface area (Å²) in [5.74, 6) is -0.547. The van der Waals surface area contributed by atoms with Crippen LogP contribution >= 0.6 is 0 Å². The molecule has 0 bridgehead atoms. The molecular formula is C19H29NO5. The van der Waals surface area contributed by atoms with E-state index in [1.807, 2.05) is 6.92 Å². The van der Waals surface area contributed by atoms with Gasteiger partial charge in [-0.3, -0.25) is 19.2 Å². The van der Waals surface area contributed by atoms with Crippen molar-refractivity contribution in [2.75, 3.05) is 0 Å². The Morgan fingerprint density at radius 1 is 1.16 bits per heavy atom. The van der Waals surface area contributed by atoms with E-state index < -0.39 is 23.9 Å². The number of aliphatic hydroxyl groups is 1. The summed E-state index contributed by atoms with van der Waals surface area (Å²) in [6.07, 6.45) is 8.77. The van der Waals surface area contributed by atoms with Gasteiger partial charge in [0, 0.05) is 25.3 Å². The summed E-state index contributed by atoms with van der Waals surface area (Å²) in [6, 6.07) is 0. The fourth-order valence-corrected chi connectivity index (χ4v) is 2.93. The van der Waals surface area contributed by atoms with E-state index in [-0.39, 0.29) is 12.2 Å². The number of carbonyl (C=O) groups excluding carboxylic acids is 1. The molecule has 1 rings (SSSR count). The predicted molar refractivity (Wildman–Crippen MR) is 93.8 cm³/mol. The lowest BCUT2D eigenvalue weighted by Crippen LogP contribution is -2.21. The molecule has 140 valence electrons. The van der Waals surface area contributed by atoms with Crippen LogP contribution in [0.2, 0.25) is 0 Å². The Hall–Kier alpha value is -1.71. The Morgan fingerprint density at radius 3 is 2.32 bits per heavy atom. The number of epoxide rings is 1. The Labute approximate surface area is 149 Å². The van der Waals surface area contributed by atoms with Gasteiger partial charge in [-0.2, -0.15) is 0 Å². The zero-order valence-electron chi connectivity index (χ0n) is 14.9. The first-order valence-electron chi connectivity index (χ1n) is 9.07. The first-order chi connectivity index (χ1) is 11.9. The molecule has 0 saturated carbocycles. The first kappa shape index (κ1) is 21.3. The zero-order chi connectivity index (χ0) is 18.7. The van der Waals surface area contributed by atoms with E-state index in [0.717, 1.165) is 32.1 Å². The number of ketones is 1. The van der Waals surface area contributed by atoms with Crippen LogP contribution in [-0.2, 0) is 14.3 Å². The molecule has 0 radical (unpaired) electrons. The van der Waals surface area contributed by atoms with E-state index in [1.165, 1.54) is 0 Å². The molecule has 6 nitrogen and oxygen atoms in total. The van der Waals surface area contributed by atoms with Crippen molar-refractivity contribution in [1.82, 2.24) is 0 Å². The second kappa shape index (κ2) is 11.0. The highest BCUT2D eigenvalue weighted by Crippen LogP contribution is 2.42. The molecule has 0 amide bonds. The van der Waals surface area contributed by atoms with Gasteiger partial charge < -0.3 is 10.2 Å². The van der Waals surface area contributed by atoms with Gasteiger partial charge in [0.05, 0.1) is 6.10 Å². The van der Waals surface area contributed by atoms with Crippen molar-refractivity contribution in [2.24, 2.45) is 0 Å². The lowest BCUT2D eigenvalue weighted by Gasteiger charge is -2.06. The summed E-state index contributed by atoms with van der Waals surface area (Å²) < 4.78 is 5.34. The molecule has 0 aromatic heterocycles. The number of ether oxygens (including phenoxy) is 1. The third kappa shape index (κ3) is 7.80. The molecule has 0 aromatic carbocycles. The number of allylic oxidation sites excluding steroid dienone is 1. The highest BCUT2D eigenvalue weighted by atomic mass is 16.6. The number of aliphatic carboxylic acids is 1. The molecule has 3 atom stereocenters. The average Bonchev–Trinajstić information content (AvgIpc) is 3.29. The van der Waals surface area contributed by atoms with Crippen LogP contribution in [0.4, 0.5) is 0 Å². The van der Waals surface area contributed by atoms with Crippen LogP contribution in [0, 0.1) is 6.57 Å². The van der Waals surface area contributed by atoms with Crippen LogP contribution in [0.3, 0.4) is 0 Å². The standard InChI is InChI=1S/C19H29NO5/c1-3-14-19(20-2)18(25-19)16(22)12-9-8-11-15(21)10-6-4-5-7-13-17(23)24/h3,14,16,18,22H,4-13H2,1H3,(H,23,24)/b14-3+/t16-,18-,19-/m0/s1. The number of carboxylic acid groups (broad SMARTS) is 1. The molecule has 1 aliphatic heterocycles. The molecule has 6 heteroatoms. The van der Waals surface area contributed by atoms with Gasteiger partial charge in [-0.1, -0.05) is 25.3 Å². The van der Waals surface area contributed by atoms with Crippen molar-refractivity contribution in [3.8, 4) is 0 Å². The van der Waals surface area contributed by atoms with Crippen LogP contribution in [0.5, 0.6) is 0 Å². The number of hydrogen-bond donors (Lipinski definition) is 2.